The van der Waals surface area contributed by atoms with Gasteiger partial charge < -0.3 is 9.47 Å². The van der Waals surface area contributed by atoms with E-state index < -0.39 is 6.04 Å². The summed E-state index contributed by atoms with van der Waals surface area (Å²) in [6, 6.07) is 4.82. The quantitative estimate of drug-likeness (QED) is 0.855. The van der Waals surface area contributed by atoms with Crippen molar-refractivity contribution in [2.75, 3.05) is 13.1 Å². The Labute approximate surface area is 129 Å². The van der Waals surface area contributed by atoms with Gasteiger partial charge in [-0.25, -0.2) is 0 Å². The van der Waals surface area contributed by atoms with Crippen molar-refractivity contribution >= 4 is 16.8 Å². The highest BCUT2D eigenvalue weighted by atomic mass is 16.2. The molecule has 2 aromatic heterocycles. The van der Waals surface area contributed by atoms with Crippen LogP contribution in [0.3, 0.4) is 0 Å². The Bertz CT molecular complexity index is 730. The minimum atomic E-state index is -0.477. The molecule has 116 valence electrons. The number of carbonyl (C=O) groups excluding carboxylic acids is 1. The van der Waals surface area contributed by atoms with Crippen molar-refractivity contribution in [2.24, 2.45) is 0 Å². The second-order valence-corrected chi connectivity index (χ2v) is 5.88. The maximum atomic E-state index is 12.7. The number of nitrogens with zero attached hydrogens (tertiary/aromatic N) is 3. The van der Waals surface area contributed by atoms with Gasteiger partial charge in [0.15, 0.2) is 0 Å². The van der Waals surface area contributed by atoms with Crippen LogP contribution in [0, 0.1) is 0 Å². The number of fused-ring (bicyclic) bond motifs is 1. The molecule has 5 nitrogen and oxygen atoms in total. The number of carbonyl (C=O) groups is 1. The first kappa shape index (κ1) is 14.8. The fourth-order valence-corrected chi connectivity index (χ4v) is 3.07. The molecule has 1 aliphatic heterocycles. The van der Waals surface area contributed by atoms with Gasteiger partial charge in [0, 0.05) is 25.5 Å². The van der Waals surface area contributed by atoms with E-state index in [1.807, 2.05) is 4.90 Å². The molecule has 22 heavy (non-hydrogen) atoms. The lowest BCUT2D eigenvalue weighted by Crippen LogP contribution is -2.39. The number of hydrogen-bond donors (Lipinski definition) is 0. The third-order valence-electron chi connectivity index (χ3n) is 4.39. The molecular weight excluding hydrogens is 278 g/mol. The highest BCUT2D eigenvalue weighted by Crippen LogP contribution is 2.15. The van der Waals surface area contributed by atoms with Crippen LogP contribution < -0.4 is 5.56 Å². The summed E-state index contributed by atoms with van der Waals surface area (Å²) in [5.41, 5.74) is 0.513. The molecule has 1 saturated heterocycles. The fraction of sp³-hybridized carbons (Fsp3) is 0.471. The van der Waals surface area contributed by atoms with Crippen molar-refractivity contribution in [3.63, 3.8) is 0 Å². The molecule has 0 spiro atoms. The maximum Gasteiger partial charge on any atom is 0.260 e. The molecule has 1 amide bonds. The summed E-state index contributed by atoms with van der Waals surface area (Å²) >= 11 is 0. The molecule has 1 aliphatic rings. The van der Waals surface area contributed by atoms with Gasteiger partial charge in [0.1, 0.15) is 6.04 Å². The van der Waals surface area contributed by atoms with Crippen LogP contribution in [0.25, 0.3) is 10.9 Å². The lowest BCUT2D eigenvalue weighted by atomic mass is 10.2. The molecular formula is C17H21N3O2. The van der Waals surface area contributed by atoms with Crippen LogP contribution in [0.5, 0.6) is 0 Å². The van der Waals surface area contributed by atoms with Gasteiger partial charge in [-0.1, -0.05) is 12.8 Å². The van der Waals surface area contributed by atoms with Gasteiger partial charge in [0.2, 0.25) is 5.91 Å². The van der Waals surface area contributed by atoms with Gasteiger partial charge in [-0.05, 0) is 38.0 Å². The smallest absolute Gasteiger partial charge is 0.260 e. The summed E-state index contributed by atoms with van der Waals surface area (Å²) in [6.07, 6.45) is 7.81. The zero-order valence-electron chi connectivity index (χ0n) is 12.9. The topological polar surface area (TPSA) is 55.2 Å². The molecule has 1 atom stereocenters. The Morgan fingerprint density at radius 2 is 1.91 bits per heavy atom. The van der Waals surface area contributed by atoms with E-state index in [1.54, 1.807) is 37.5 Å². The van der Waals surface area contributed by atoms with E-state index in [-0.39, 0.29) is 11.5 Å². The van der Waals surface area contributed by atoms with Gasteiger partial charge in [0.25, 0.3) is 5.56 Å². The van der Waals surface area contributed by atoms with E-state index in [9.17, 15) is 9.59 Å². The van der Waals surface area contributed by atoms with Crippen molar-refractivity contribution < 1.29 is 4.79 Å². The van der Waals surface area contributed by atoms with Gasteiger partial charge in [-0.2, -0.15) is 0 Å². The highest BCUT2D eigenvalue weighted by molar-refractivity contribution is 5.81. The summed E-state index contributed by atoms with van der Waals surface area (Å²) in [7, 11) is 0. The SMILES string of the molecule is CC(C(=O)N1CCCCCC1)n1ccc2ncccc2c1=O. The number of pyridine rings is 2. The molecule has 0 bridgehead atoms. The Morgan fingerprint density at radius 1 is 1.18 bits per heavy atom. The Morgan fingerprint density at radius 3 is 2.64 bits per heavy atom. The third kappa shape index (κ3) is 2.75. The van der Waals surface area contributed by atoms with E-state index in [0.717, 1.165) is 25.9 Å². The van der Waals surface area contributed by atoms with E-state index >= 15 is 0 Å². The zero-order chi connectivity index (χ0) is 15.5. The zero-order valence-corrected chi connectivity index (χ0v) is 12.9. The molecule has 0 aromatic carbocycles. The van der Waals surface area contributed by atoms with Crippen molar-refractivity contribution in [3.05, 3.63) is 40.9 Å². The predicted octanol–water partition coefficient (Wildman–Crippen LogP) is 2.36. The molecule has 0 radical (unpaired) electrons. The number of rotatable bonds is 2. The Hall–Kier alpha value is -2.17. The van der Waals surface area contributed by atoms with Crippen molar-refractivity contribution in [2.45, 2.75) is 38.6 Å². The molecule has 0 aliphatic carbocycles. The van der Waals surface area contributed by atoms with Crippen molar-refractivity contribution in [3.8, 4) is 0 Å². The molecule has 2 aromatic rings. The van der Waals surface area contributed by atoms with Crippen LogP contribution in [0.2, 0.25) is 0 Å². The monoisotopic (exact) mass is 299 g/mol. The average molecular weight is 299 g/mol. The van der Waals surface area contributed by atoms with Gasteiger partial charge in [-0.15, -0.1) is 0 Å². The minimum Gasteiger partial charge on any atom is -0.341 e. The summed E-state index contributed by atoms with van der Waals surface area (Å²) in [4.78, 5) is 31.3. The molecule has 0 N–H and O–H groups in total. The van der Waals surface area contributed by atoms with Crippen LogP contribution in [-0.4, -0.2) is 33.4 Å². The first-order chi connectivity index (χ1) is 10.7. The van der Waals surface area contributed by atoms with Crippen LogP contribution in [-0.2, 0) is 4.79 Å². The minimum absolute atomic E-state index is 0.0345. The van der Waals surface area contributed by atoms with Crippen LogP contribution in [0.1, 0.15) is 38.6 Å². The van der Waals surface area contributed by atoms with E-state index in [2.05, 4.69) is 4.98 Å². The maximum absolute atomic E-state index is 12.7. The van der Waals surface area contributed by atoms with Gasteiger partial charge >= 0.3 is 0 Å². The normalized spacial score (nSPS) is 17.2. The van der Waals surface area contributed by atoms with E-state index in [4.69, 9.17) is 0 Å². The Balaban J connectivity index is 1.91. The number of likely N-dealkylation sites (tertiary alicyclic amines) is 1. The fourth-order valence-electron chi connectivity index (χ4n) is 3.07. The molecule has 3 rings (SSSR count). The van der Waals surface area contributed by atoms with Crippen LogP contribution >= 0.6 is 0 Å². The first-order valence-electron chi connectivity index (χ1n) is 7.93. The summed E-state index contributed by atoms with van der Waals surface area (Å²) < 4.78 is 1.53. The average Bonchev–Trinajstić information content (AvgIpc) is 2.83. The van der Waals surface area contributed by atoms with Crippen molar-refractivity contribution in [1.29, 1.82) is 0 Å². The molecule has 0 saturated carbocycles. The molecule has 3 heterocycles. The lowest BCUT2D eigenvalue weighted by molar-refractivity contribution is -0.134. The van der Waals surface area contributed by atoms with E-state index in [0.29, 0.717) is 10.9 Å². The summed E-state index contributed by atoms with van der Waals surface area (Å²) in [5, 5.41) is 0.556. The number of aromatic nitrogens is 2. The lowest BCUT2D eigenvalue weighted by Gasteiger charge is -2.25. The molecule has 5 heteroatoms. The number of hydrogen-bond acceptors (Lipinski definition) is 3. The summed E-state index contributed by atoms with van der Waals surface area (Å²) in [6.45, 7) is 3.40. The van der Waals surface area contributed by atoms with Crippen LogP contribution in [0.15, 0.2) is 35.4 Å². The molecule has 1 fully saturated rings. The summed E-state index contributed by atoms with van der Waals surface area (Å²) in [5.74, 6) is 0.0345. The predicted molar refractivity (Wildman–Crippen MR) is 85.8 cm³/mol. The number of amides is 1. The van der Waals surface area contributed by atoms with E-state index in [1.165, 1.54) is 17.4 Å². The second-order valence-electron chi connectivity index (χ2n) is 5.88. The standard InChI is InChI=1S/C17H21N3O2/c1-13(16(21)19-10-4-2-3-5-11-19)20-12-8-15-14(17(20)22)7-6-9-18-15/h6-9,12-13H,2-5,10-11H2,1H3. The Kier molecular flexibility index (Phi) is 4.22. The van der Waals surface area contributed by atoms with Gasteiger partial charge in [0.05, 0.1) is 10.9 Å². The van der Waals surface area contributed by atoms with Gasteiger partial charge in [-0.3, -0.25) is 14.6 Å². The second kappa shape index (κ2) is 6.30. The molecule has 1 unspecified atom stereocenters. The third-order valence-corrected chi connectivity index (χ3v) is 4.39. The largest absolute Gasteiger partial charge is 0.341 e. The first-order valence-corrected chi connectivity index (χ1v) is 7.93. The van der Waals surface area contributed by atoms with Crippen LogP contribution in [0.4, 0.5) is 0 Å². The van der Waals surface area contributed by atoms with Crippen molar-refractivity contribution in [1.82, 2.24) is 14.5 Å². The highest BCUT2D eigenvalue weighted by Gasteiger charge is 2.23.